The summed E-state index contributed by atoms with van der Waals surface area (Å²) < 4.78 is 6.75. The van der Waals surface area contributed by atoms with Crippen molar-refractivity contribution in [3.63, 3.8) is 0 Å². The maximum Gasteiger partial charge on any atom is 0.274 e. The minimum absolute atomic E-state index is 0.207. The number of amides is 2. The maximum atomic E-state index is 13.3. The topological polar surface area (TPSA) is 121 Å². The second kappa shape index (κ2) is 8.41. The van der Waals surface area contributed by atoms with Gasteiger partial charge in [0.15, 0.2) is 5.69 Å². The maximum absolute atomic E-state index is 13.3. The summed E-state index contributed by atoms with van der Waals surface area (Å²) in [5.41, 5.74) is 4.96. The summed E-state index contributed by atoms with van der Waals surface area (Å²) in [5, 5.41) is 16.3. The van der Waals surface area contributed by atoms with Gasteiger partial charge in [0.1, 0.15) is 5.69 Å². The fraction of sp³-hybridized carbons (Fsp3) is 0.200. The highest BCUT2D eigenvalue weighted by Crippen LogP contribution is 2.34. The third kappa shape index (κ3) is 3.73. The minimum atomic E-state index is -0.361. The number of nitrogens with zero attached hydrogens (tertiary/aromatic N) is 4. The second-order valence-corrected chi connectivity index (χ2v) is 8.50. The largest absolute Gasteiger partial charge is 0.378 e. The number of aromatic nitrogens is 5. The van der Waals surface area contributed by atoms with Crippen molar-refractivity contribution in [2.45, 2.75) is 0 Å². The molecule has 4 heterocycles. The van der Waals surface area contributed by atoms with Crippen LogP contribution in [-0.4, -0.2) is 68.0 Å². The molecule has 1 aliphatic rings. The highest BCUT2D eigenvalue weighted by atomic mass is 16.5. The van der Waals surface area contributed by atoms with Crippen LogP contribution in [0.15, 0.2) is 54.9 Å². The van der Waals surface area contributed by atoms with Crippen LogP contribution in [0.25, 0.3) is 32.9 Å². The number of rotatable bonds is 4. The number of hydrogen-bond donors (Lipinski definition) is 3. The van der Waals surface area contributed by atoms with E-state index in [9.17, 15) is 9.59 Å². The monoisotopic (exact) mass is 469 g/mol. The number of anilines is 1. The Kier molecular flexibility index (Phi) is 5.07. The molecule has 6 rings (SSSR count). The number of aromatic amines is 2. The number of benzene rings is 2. The molecule has 0 radical (unpaired) electrons. The van der Waals surface area contributed by atoms with Crippen molar-refractivity contribution in [1.29, 1.82) is 0 Å². The molecule has 0 bridgehead atoms. The predicted molar refractivity (Wildman–Crippen MR) is 131 cm³/mol. The molecule has 176 valence electrons. The van der Waals surface area contributed by atoms with Gasteiger partial charge in [-0.2, -0.15) is 10.2 Å². The molecule has 10 heteroatoms. The van der Waals surface area contributed by atoms with Crippen LogP contribution in [0, 0.1) is 0 Å². The fourth-order valence-corrected chi connectivity index (χ4v) is 4.55. The Morgan fingerprint density at radius 3 is 2.77 bits per heavy atom. The van der Waals surface area contributed by atoms with Crippen molar-refractivity contribution in [2.75, 3.05) is 31.6 Å². The zero-order chi connectivity index (χ0) is 23.9. The minimum Gasteiger partial charge on any atom is -0.378 e. The van der Waals surface area contributed by atoms with Crippen molar-refractivity contribution in [1.82, 2.24) is 29.9 Å². The van der Waals surface area contributed by atoms with Crippen LogP contribution in [0.1, 0.15) is 21.0 Å². The van der Waals surface area contributed by atoms with Crippen LogP contribution in [-0.2, 0) is 11.8 Å². The van der Waals surface area contributed by atoms with E-state index in [0.717, 1.165) is 32.9 Å². The van der Waals surface area contributed by atoms with Crippen LogP contribution in [0.4, 0.5) is 5.69 Å². The van der Waals surface area contributed by atoms with Gasteiger partial charge in [0.05, 0.1) is 30.6 Å². The number of aryl methyl sites for hydroxylation is 1. The van der Waals surface area contributed by atoms with Gasteiger partial charge in [-0.1, -0.05) is 12.1 Å². The van der Waals surface area contributed by atoms with Gasteiger partial charge in [-0.05, 0) is 35.4 Å². The molecular weight excluding hydrogens is 446 g/mol. The van der Waals surface area contributed by atoms with E-state index >= 15 is 0 Å². The van der Waals surface area contributed by atoms with Crippen molar-refractivity contribution in [3.8, 4) is 11.1 Å². The first-order chi connectivity index (χ1) is 17.1. The predicted octanol–water partition coefficient (Wildman–Crippen LogP) is 3.17. The molecule has 10 nitrogen and oxygen atoms in total. The molecule has 2 aromatic carbocycles. The van der Waals surface area contributed by atoms with Gasteiger partial charge in [0.25, 0.3) is 11.8 Å². The number of carbonyl (C=O) groups excluding carboxylic acids is 2. The molecule has 0 spiro atoms. The molecule has 1 fully saturated rings. The smallest absolute Gasteiger partial charge is 0.274 e. The van der Waals surface area contributed by atoms with Crippen LogP contribution >= 0.6 is 0 Å². The van der Waals surface area contributed by atoms with Crippen LogP contribution in [0.2, 0.25) is 0 Å². The second-order valence-electron chi connectivity index (χ2n) is 8.50. The van der Waals surface area contributed by atoms with E-state index in [2.05, 4.69) is 25.6 Å². The van der Waals surface area contributed by atoms with E-state index < -0.39 is 0 Å². The highest BCUT2D eigenvalue weighted by Gasteiger charge is 2.24. The third-order valence-corrected chi connectivity index (χ3v) is 6.34. The van der Waals surface area contributed by atoms with Crippen LogP contribution in [0.3, 0.4) is 0 Å². The van der Waals surface area contributed by atoms with E-state index in [0.29, 0.717) is 32.0 Å². The summed E-state index contributed by atoms with van der Waals surface area (Å²) >= 11 is 0. The lowest BCUT2D eigenvalue weighted by molar-refractivity contribution is 0.0298. The lowest BCUT2D eigenvalue weighted by Crippen LogP contribution is -2.40. The molecule has 0 saturated carbocycles. The number of H-pyrrole nitrogens is 2. The lowest BCUT2D eigenvalue weighted by atomic mass is 9.99. The Bertz CT molecular complexity index is 1570. The summed E-state index contributed by atoms with van der Waals surface area (Å²) in [6.07, 6.45) is 3.59. The van der Waals surface area contributed by atoms with E-state index in [1.807, 2.05) is 42.6 Å². The zero-order valence-corrected chi connectivity index (χ0v) is 19.0. The Balaban J connectivity index is 1.33. The van der Waals surface area contributed by atoms with E-state index in [4.69, 9.17) is 4.74 Å². The first kappa shape index (κ1) is 21.1. The Morgan fingerprint density at radius 2 is 1.91 bits per heavy atom. The van der Waals surface area contributed by atoms with Gasteiger partial charge < -0.3 is 19.9 Å². The number of nitrogens with one attached hydrogen (secondary N) is 3. The molecule has 0 unspecified atom stereocenters. The van der Waals surface area contributed by atoms with Gasteiger partial charge in [-0.25, -0.2) is 0 Å². The number of morpholine rings is 1. The zero-order valence-electron chi connectivity index (χ0n) is 19.0. The Labute approximate surface area is 199 Å². The number of carbonyl (C=O) groups is 2. The van der Waals surface area contributed by atoms with Crippen molar-refractivity contribution in [2.24, 2.45) is 7.05 Å². The molecule has 5 aromatic rings. The molecule has 0 aliphatic carbocycles. The molecule has 35 heavy (non-hydrogen) atoms. The molecule has 0 atom stereocenters. The molecular formula is C25H23N7O3. The van der Waals surface area contributed by atoms with E-state index in [1.54, 1.807) is 18.1 Å². The number of fused-ring (bicyclic) bond motifs is 2. The van der Waals surface area contributed by atoms with Crippen LogP contribution in [0.5, 0.6) is 0 Å². The standard InChI is InChI=1S/C25H23N7O3/c1-31-23(13-22(30-31)25(34)32-7-9-35-10-8-32)24(33)28-20-11-15(12-21-18(20)14-27-29-21)16-3-2-4-19-17(16)5-6-26-19/h2-6,11-14,26H,7-10H2,1H3,(H,27,29)(H,28,33). The van der Waals surface area contributed by atoms with E-state index in [-0.39, 0.29) is 23.2 Å². The van der Waals surface area contributed by atoms with Gasteiger partial charge in [0.2, 0.25) is 0 Å². The van der Waals surface area contributed by atoms with Crippen molar-refractivity contribution >= 4 is 39.3 Å². The summed E-state index contributed by atoms with van der Waals surface area (Å²) in [6.45, 7) is 2.02. The van der Waals surface area contributed by atoms with Crippen molar-refractivity contribution in [3.05, 3.63) is 66.2 Å². The first-order valence-electron chi connectivity index (χ1n) is 11.3. The molecule has 1 aliphatic heterocycles. The quantitative estimate of drug-likeness (QED) is 0.373. The summed E-state index contributed by atoms with van der Waals surface area (Å²) in [6, 6.07) is 13.6. The highest BCUT2D eigenvalue weighted by molar-refractivity contribution is 6.10. The fourth-order valence-electron chi connectivity index (χ4n) is 4.55. The lowest BCUT2D eigenvalue weighted by Gasteiger charge is -2.25. The molecule has 1 saturated heterocycles. The summed E-state index contributed by atoms with van der Waals surface area (Å²) in [5.74, 6) is -0.567. The van der Waals surface area contributed by atoms with E-state index in [1.165, 1.54) is 10.7 Å². The molecule has 2 amide bonds. The SMILES string of the molecule is Cn1nc(C(=O)N2CCOCC2)cc1C(=O)Nc1cc(-c2cccc3[nH]ccc23)cc2[nH]ncc12. The molecule has 3 N–H and O–H groups in total. The summed E-state index contributed by atoms with van der Waals surface area (Å²) in [7, 11) is 1.65. The third-order valence-electron chi connectivity index (χ3n) is 6.34. The van der Waals surface area contributed by atoms with Gasteiger partial charge >= 0.3 is 0 Å². The number of hydrogen-bond acceptors (Lipinski definition) is 5. The Hall–Kier alpha value is -4.44. The van der Waals surface area contributed by atoms with Gasteiger partial charge in [-0.3, -0.25) is 19.4 Å². The van der Waals surface area contributed by atoms with Gasteiger partial charge in [0, 0.05) is 48.7 Å². The Morgan fingerprint density at radius 1 is 1.06 bits per heavy atom. The van der Waals surface area contributed by atoms with Crippen LogP contribution < -0.4 is 5.32 Å². The molecule has 3 aromatic heterocycles. The first-order valence-corrected chi connectivity index (χ1v) is 11.3. The summed E-state index contributed by atoms with van der Waals surface area (Å²) in [4.78, 5) is 31.0. The van der Waals surface area contributed by atoms with Gasteiger partial charge in [-0.15, -0.1) is 0 Å². The number of ether oxygens (including phenoxy) is 1. The van der Waals surface area contributed by atoms with Crippen molar-refractivity contribution < 1.29 is 14.3 Å². The average molecular weight is 470 g/mol. The normalized spacial score (nSPS) is 14.0. The average Bonchev–Trinajstić information content (AvgIpc) is 3.63.